The molecular weight excluding hydrogens is 334 g/mol. The number of piperidine rings is 1. The Hall–Kier alpha value is -1.23. The van der Waals surface area contributed by atoms with Crippen LogP contribution in [0.3, 0.4) is 0 Å². The normalized spacial score (nSPS) is 23.7. The first kappa shape index (κ1) is 14.7. The minimum Gasteiger partial charge on any atom is -0.485 e. The van der Waals surface area contributed by atoms with Gasteiger partial charge in [0.1, 0.15) is 6.61 Å². The molecule has 0 aliphatic carbocycles. The highest BCUT2D eigenvalue weighted by molar-refractivity contribution is 9.09. The lowest BCUT2D eigenvalue weighted by molar-refractivity contribution is -0.142. The van der Waals surface area contributed by atoms with Crippen LogP contribution in [0.25, 0.3) is 0 Å². The molecule has 0 bridgehead atoms. The fourth-order valence-corrected chi connectivity index (χ4v) is 3.45. The molecule has 2 unspecified atom stereocenters. The summed E-state index contributed by atoms with van der Waals surface area (Å²) < 4.78 is 11.4. The molecule has 2 heterocycles. The Balaban J connectivity index is 1.60. The van der Waals surface area contributed by atoms with Gasteiger partial charge >= 0.3 is 0 Å². The number of benzene rings is 1. The topological polar surface area (TPSA) is 38.8 Å². The van der Waals surface area contributed by atoms with E-state index in [0.29, 0.717) is 28.9 Å². The van der Waals surface area contributed by atoms with Crippen molar-refractivity contribution in [3.8, 4) is 11.5 Å². The van der Waals surface area contributed by atoms with Gasteiger partial charge in [-0.3, -0.25) is 4.79 Å². The number of halogens is 1. The quantitative estimate of drug-likeness (QED) is 0.767. The SMILES string of the molecule is CC(Br)C1CCN(C(=O)C2COc3ccccc3O2)CC1. The third-order valence-corrected chi connectivity index (χ3v) is 5.03. The van der Waals surface area contributed by atoms with E-state index < -0.39 is 6.10 Å². The van der Waals surface area contributed by atoms with Gasteiger partial charge in [0.05, 0.1) is 0 Å². The van der Waals surface area contributed by atoms with Crippen molar-refractivity contribution in [2.24, 2.45) is 5.92 Å². The van der Waals surface area contributed by atoms with Crippen molar-refractivity contribution >= 4 is 21.8 Å². The van der Waals surface area contributed by atoms with Crippen molar-refractivity contribution in [1.29, 1.82) is 0 Å². The summed E-state index contributed by atoms with van der Waals surface area (Å²) in [5.74, 6) is 2.07. The Bertz CT molecular complexity index is 512. The van der Waals surface area contributed by atoms with Crippen molar-refractivity contribution in [3.05, 3.63) is 24.3 Å². The Kier molecular flexibility index (Phi) is 4.38. The third-order valence-electron chi connectivity index (χ3n) is 4.28. The Morgan fingerprint density at radius 3 is 2.62 bits per heavy atom. The van der Waals surface area contributed by atoms with Crippen LogP contribution in [0.5, 0.6) is 11.5 Å². The molecule has 1 aromatic carbocycles. The molecule has 0 radical (unpaired) electrons. The molecule has 21 heavy (non-hydrogen) atoms. The summed E-state index contributed by atoms with van der Waals surface area (Å²) >= 11 is 3.64. The van der Waals surface area contributed by atoms with Crippen LogP contribution >= 0.6 is 15.9 Å². The summed E-state index contributed by atoms with van der Waals surface area (Å²) in [6, 6.07) is 7.49. The third kappa shape index (κ3) is 3.18. The second-order valence-corrected chi connectivity index (χ2v) is 7.15. The van der Waals surface area contributed by atoms with Crippen LogP contribution in [0.15, 0.2) is 24.3 Å². The maximum absolute atomic E-state index is 12.5. The van der Waals surface area contributed by atoms with Gasteiger partial charge in [-0.1, -0.05) is 35.0 Å². The zero-order valence-corrected chi connectivity index (χ0v) is 13.7. The molecule has 1 saturated heterocycles. The second kappa shape index (κ2) is 6.26. The lowest BCUT2D eigenvalue weighted by Crippen LogP contribution is -2.49. The summed E-state index contributed by atoms with van der Waals surface area (Å²) in [6.45, 7) is 4.09. The number of ether oxygens (including phenoxy) is 2. The fourth-order valence-electron chi connectivity index (χ4n) is 2.92. The van der Waals surface area contributed by atoms with Gasteiger partial charge in [0.2, 0.25) is 6.10 Å². The van der Waals surface area contributed by atoms with Crippen LogP contribution in [-0.4, -0.2) is 41.4 Å². The van der Waals surface area contributed by atoms with Gasteiger partial charge < -0.3 is 14.4 Å². The van der Waals surface area contributed by atoms with Gasteiger partial charge in [0.25, 0.3) is 5.91 Å². The van der Waals surface area contributed by atoms with Crippen molar-refractivity contribution in [1.82, 2.24) is 4.90 Å². The number of para-hydroxylation sites is 2. The number of fused-ring (bicyclic) bond motifs is 1. The molecule has 1 amide bonds. The number of likely N-dealkylation sites (tertiary alicyclic amines) is 1. The highest BCUT2D eigenvalue weighted by Crippen LogP contribution is 2.32. The van der Waals surface area contributed by atoms with Crippen LogP contribution in [0.4, 0.5) is 0 Å². The molecule has 114 valence electrons. The van der Waals surface area contributed by atoms with Crippen molar-refractivity contribution < 1.29 is 14.3 Å². The van der Waals surface area contributed by atoms with Crippen LogP contribution in [0, 0.1) is 5.92 Å². The molecule has 0 saturated carbocycles. The van der Waals surface area contributed by atoms with Gasteiger partial charge in [0, 0.05) is 17.9 Å². The van der Waals surface area contributed by atoms with E-state index in [1.54, 1.807) is 0 Å². The average Bonchev–Trinajstić information content (AvgIpc) is 2.54. The molecule has 0 N–H and O–H groups in total. The highest BCUT2D eigenvalue weighted by Gasteiger charge is 2.33. The minimum absolute atomic E-state index is 0.0465. The van der Waals surface area contributed by atoms with E-state index >= 15 is 0 Å². The number of carbonyl (C=O) groups is 1. The van der Waals surface area contributed by atoms with Crippen LogP contribution in [0.2, 0.25) is 0 Å². The van der Waals surface area contributed by atoms with Crippen molar-refractivity contribution in [2.75, 3.05) is 19.7 Å². The predicted octanol–water partition coefficient (Wildman–Crippen LogP) is 2.85. The predicted molar refractivity (Wildman–Crippen MR) is 84.0 cm³/mol. The minimum atomic E-state index is -0.516. The molecule has 1 fully saturated rings. The van der Waals surface area contributed by atoms with E-state index in [4.69, 9.17) is 9.47 Å². The molecule has 1 aromatic rings. The zero-order chi connectivity index (χ0) is 14.8. The number of alkyl halides is 1. The number of hydrogen-bond acceptors (Lipinski definition) is 3. The standard InChI is InChI=1S/C16H20BrNO3/c1-11(17)12-6-8-18(9-7-12)16(19)15-10-20-13-4-2-3-5-14(13)21-15/h2-5,11-12,15H,6-10H2,1H3. The van der Waals surface area contributed by atoms with Gasteiger partial charge in [0.15, 0.2) is 11.5 Å². The van der Waals surface area contributed by atoms with E-state index in [1.807, 2.05) is 29.2 Å². The maximum atomic E-state index is 12.5. The highest BCUT2D eigenvalue weighted by atomic mass is 79.9. The van der Waals surface area contributed by atoms with Gasteiger partial charge in [-0.15, -0.1) is 0 Å². The summed E-state index contributed by atoms with van der Waals surface area (Å²) in [4.78, 5) is 15.0. The van der Waals surface area contributed by atoms with Crippen molar-refractivity contribution in [3.63, 3.8) is 0 Å². The van der Waals surface area contributed by atoms with Crippen LogP contribution in [-0.2, 0) is 4.79 Å². The number of nitrogens with zero attached hydrogens (tertiary/aromatic N) is 1. The smallest absolute Gasteiger partial charge is 0.267 e. The first-order valence-corrected chi connectivity index (χ1v) is 8.38. The first-order valence-electron chi connectivity index (χ1n) is 7.46. The molecule has 2 aliphatic heterocycles. The lowest BCUT2D eigenvalue weighted by Gasteiger charge is -2.36. The van der Waals surface area contributed by atoms with E-state index in [0.717, 1.165) is 25.9 Å². The molecule has 0 aromatic heterocycles. The number of carbonyl (C=O) groups excluding carboxylic acids is 1. The molecule has 2 aliphatic rings. The second-order valence-electron chi connectivity index (χ2n) is 5.70. The molecule has 5 heteroatoms. The van der Waals surface area contributed by atoms with Crippen LogP contribution < -0.4 is 9.47 Å². The number of rotatable bonds is 2. The maximum Gasteiger partial charge on any atom is 0.267 e. The monoisotopic (exact) mass is 353 g/mol. The fraction of sp³-hybridized carbons (Fsp3) is 0.562. The Morgan fingerprint density at radius 2 is 1.95 bits per heavy atom. The average molecular weight is 354 g/mol. The van der Waals surface area contributed by atoms with E-state index in [1.165, 1.54) is 0 Å². The molecule has 3 rings (SSSR count). The number of amides is 1. The van der Waals surface area contributed by atoms with Gasteiger partial charge in [-0.05, 0) is 30.9 Å². The Morgan fingerprint density at radius 1 is 1.29 bits per heavy atom. The zero-order valence-electron chi connectivity index (χ0n) is 12.1. The van der Waals surface area contributed by atoms with E-state index in [-0.39, 0.29) is 5.91 Å². The first-order chi connectivity index (χ1) is 10.1. The van der Waals surface area contributed by atoms with Crippen LogP contribution in [0.1, 0.15) is 19.8 Å². The number of hydrogen-bond donors (Lipinski definition) is 0. The summed E-state index contributed by atoms with van der Waals surface area (Å²) in [5.41, 5.74) is 0. The summed E-state index contributed by atoms with van der Waals surface area (Å²) in [6.07, 6.45) is 1.57. The molecule has 2 atom stereocenters. The van der Waals surface area contributed by atoms with Gasteiger partial charge in [-0.2, -0.15) is 0 Å². The van der Waals surface area contributed by atoms with E-state index in [2.05, 4.69) is 22.9 Å². The van der Waals surface area contributed by atoms with Gasteiger partial charge in [-0.25, -0.2) is 0 Å². The van der Waals surface area contributed by atoms with E-state index in [9.17, 15) is 4.79 Å². The molecule has 0 spiro atoms. The largest absolute Gasteiger partial charge is 0.485 e. The summed E-state index contributed by atoms with van der Waals surface area (Å²) in [5, 5.41) is 0. The molecular formula is C16H20BrNO3. The molecule has 4 nitrogen and oxygen atoms in total. The lowest BCUT2D eigenvalue weighted by atomic mass is 9.94. The summed E-state index contributed by atoms with van der Waals surface area (Å²) in [7, 11) is 0. The Labute approximate surface area is 133 Å². The van der Waals surface area contributed by atoms with Crippen molar-refractivity contribution in [2.45, 2.75) is 30.7 Å².